The number of halogens is 5. The molecule has 0 unspecified atom stereocenters. The summed E-state index contributed by atoms with van der Waals surface area (Å²) in [6.07, 6.45) is 1.66. The Bertz CT molecular complexity index is 1070. The molecule has 6 heteroatoms. The third-order valence-electron chi connectivity index (χ3n) is 6.41. The minimum atomic E-state index is -4.78. The van der Waals surface area contributed by atoms with Crippen LogP contribution < -0.4 is 4.74 Å². The first-order chi connectivity index (χ1) is 15.2. The monoisotopic (exact) mass is 448 g/mol. The molecule has 0 aliphatic heterocycles. The van der Waals surface area contributed by atoms with Gasteiger partial charge in [-0.3, -0.25) is 0 Å². The summed E-state index contributed by atoms with van der Waals surface area (Å²) in [5.41, 5.74) is 0.926. The number of hydrogen-bond acceptors (Lipinski definition) is 1. The van der Waals surface area contributed by atoms with E-state index in [0.29, 0.717) is 27.8 Å². The zero-order chi connectivity index (χ0) is 22.9. The maximum Gasteiger partial charge on any atom is 0.573 e. The molecular formula is C26H25F5O. The summed E-state index contributed by atoms with van der Waals surface area (Å²) >= 11 is 0. The Kier molecular flexibility index (Phi) is 6.40. The lowest BCUT2D eigenvalue weighted by Gasteiger charge is -2.29. The molecule has 0 heterocycles. The topological polar surface area (TPSA) is 9.23 Å². The lowest BCUT2D eigenvalue weighted by molar-refractivity contribution is -0.274. The summed E-state index contributed by atoms with van der Waals surface area (Å²) < 4.78 is 71.3. The molecule has 0 radical (unpaired) electrons. The van der Waals surface area contributed by atoms with E-state index in [9.17, 15) is 13.2 Å². The van der Waals surface area contributed by atoms with Crippen LogP contribution in [0.4, 0.5) is 22.0 Å². The van der Waals surface area contributed by atoms with Crippen LogP contribution >= 0.6 is 0 Å². The van der Waals surface area contributed by atoms with Crippen LogP contribution in [0, 0.1) is 17.6 Å². The molecule has 0 spiro atoms. The molecular weight excluding hydrogens is 423 g/mol. The SMILES string of the molecule is CCCC1CCC(c2cc(F)c(-c3ccc4cc(OC(F)(F)F)ccc4c3)c(F)c2)CC1. The zero-order valence-corrected chi connectivity index (χ0v) is 17.8. The second-order valence-corrected chi connectivity index (χ2v) is 8.64. The highest BCUT2D eigenvalue weighted by atomic mass is 19.4. The van der Waals surface area contributed by atoms with Gasteiger partial charge < -0.3 is 4.74 Å². The van der Waals surface area contributed by atoms with E-state index in [1.54, 1.807) is 6.07 Å². The van der Waals surface area contributed by atoms with Crippen molar-refractivity contribution in [3.63, 3.8) is 0 Å². The second-order valence-electron chi connectivity index (χ2n) is 8.64. The lowest BCUT2D eigenvalue weighted by atomic mass is 9.77. The molecule has 3 aromatic rings. The van der Waals surface area contributed by atoms with Crippen molar-refractivity contribution in [2.45, 2.75) is 57.7 Å². The second kappa shape index (κ2) is 9.08. The van der Waals surface area contributed by atoms with Crippen LogP contribution in [0.5, 0.6) is 5.75 Å². The number of alkyl halides is 3. The number of ether oxygens (including phenoxy) is 1. The van der Waals surface area contributed by atoms with Gasteiger partial charge in [0.1, 0.15) is 17.4 Å². The molecule has 0 N–H and O–H groups in total. The maximum atomic E-state index is 15.0. The smallest absolute Gasteiger partial charge is 0.406 e. The van der Waals surface area contributed by atoms with Crippen molar-refractivity contribution in [1.29, 1.82) is 0 Å². The molecule has 0 atom stereocenters. The van der Waals surface area contributed by atoms with E-state index < -0.39 is 18.0 Å². The molecule has 1 nitrogen and oxygen atoms in total. The highest BCUT2D eigenvalue weighted by molar-refractivity contribution is 5.88. The number of fused-ring (bicyclic) bond motifs is 1. The van der Waals surface area contributed by atoms with Crippen LogP contribution in [0.15, 0.2) is 48.5 Å². The molecule has 32 heavy (non-hydrogen) atoms. The Morgan fingerprint density at radius 2 is 1.47 bits per heavy atom. The molecule has 1 saturated carbocycles. The van der Waals surface area contributed by atoms with E-state index in [2.05, 4.69) is 11.7 Å². The van der Waals surface area contributed by atoms with Gasteiger partial charge in [-0.25, -0.2) is 8.78 Å². The predicted octanol–water partition coefficient (Wildman–Crippen LogP) is 8.76. The van der Waals surface area contributed by atoms with Gasteiger partial charge in [-0.1, -0.05) is 38.0 Å². The fourth-order valence-corrected chi connectivity index (χ4v) is 4.87. The third-order valence-corrected chi connectivity index (χ3v) is 6.41. The molecule has 1 aliphatic carbocycles. The Labute approximate surface area is 184 Å². The summed E-state index contributed by atoms with van der Waals surface area (Å²) in [5.74, 6) is -0.693. The van der Waals surface area contributed by atoms with Crippen LogP contribution in [0.3, 0.4) is 0 Å². The van der Waals surface area contributed by atoms with Gasteiger partial charge in [0.15, 0.2) is 0 Å². The van der Waals surface area contributed by atoms with Crippen molar-refractivity contribution in [2.75, 3.05) is 0 Å². The van der Waals surface area contributed by atoms with Crippen LogP contribution in [-0.2, 0) is 0 Å². The number of hydrogen-bond donors (Lipinski definition) is 0. The Hall–Kier alpha value is -2.63. The van der Waals surface area contributed by atoms with Crippen LogP contribution in [0.2, 0.25) is 0 Å². The molecule has 170 valence electrons. The molecule has 0 amide bonds. The van der Waals surface area contributed by atoms with E-state index in [1.807, 2.05) is 0 Å². The quantitative estimate of drug-likeness (QED) is 0.355. The minimum Gasteiger partial charge on any atom is -0.406 e. The normalized spacial score (nSPS) is 19.3. The van der Waals surface area contributed by atoms with Crippen LogP contribution in [0.25, 0.3) is 21.9 Å². The van der Waals surface area contributed by atoms with Gasteiger partial charge in [0.25, 0.3) is 0 Å². The van der Waals surface area contributed by atoms with Gasteiger partial charge in [0, 0.05) is 0 Å². The average molecular weight is 448 g/mol. The Morgan fingerprint density at radius 3 is 2.09 bits per heavy atom. The summed E-state index contributed by atoms with van der Waals surface area (Å²) in [6, 6.07) is 11.4. The predicted molar refractivity (Wildman–Crippen MR) is 116 cm³/mol. The zero-order valence-electron chi connectivity index (χ0n) is 17.8. The molecule has 4 rings (SSSR count). The first kappa shape index (κ1) is 22.6. The first-order valence-electron chi connectivity index (χ1n) is 11.0. The van der Waals surface area contributed by atoms with Gasteiger partial charge >= 0.3 is 6.36 Å². The van der Waals surface area contributed by atoms with E-state index in [1.165, 1.54) is 48.9 Å². The minimum absolute atomic E-state index is 0.120. The molecule has 1 aliphatic rings. The van der Waals surface area contributed by atoms with Crippen LogP contribution in [0.1, 0.15) is 56.9 Å². The lowest BCUT2D eigenvalue weighted by Crippen LogP contribution is -2.16. The summed E-state index contributed by atoms with van der Waals surface area (Å²) in [4.78, 5) is 0. The van der Waals surface area contributed by atoms with Gasteiger partial charge in [-0.2, -0.15) is 0 Å². The third kappa shape index (κ3) is 5.05. The standard InChI is InChI=1S/C26H25F5O/c1-2-3-16-4-6-17(7-5-16)21-14-23(27)25(24(28)15-21)20-9-8-19-13-22(32-26(29,30)31)11-10-18(19)12-20/h8-17H,2-7H2,1H3. The van der Waals surface area contributed by atoms with E-state index >= 15 is 8.78 Å². The Balaban J connectivity index is 1.58. The molecule has 0 bridgehead atoms. The number of rotatable bonds is 5. The fourth-order valence-electron chi connectivity index (χ4n) is 4.87. The van der Waals surface area contributed by atoms with Crippen molar-refractivity contribution in [3.05, 3.63) is 65.7 Å². The van der Waals surface area contributed by atoms with Gasteiger partial charge in [0.2, 0.25) is 0 Å². The molecule has 3 aromatic carbocycles. The Morgan fingerprint density at radius 1 is 0.844 bits per heavy atom. The van der Waals surface area contributed by atoms with Gasteiger partial charge in [-0.15, -0.1) is 13.2 Å². The first-order valence-corrected chi connectivity index (χ1v) is 11.0. The van der Waals surface area contributed by atoms with Crippen molar-refractivity contribution < 1.29 is 26.7 Å². The highest BCUT2D eigenvalue weighted by Crippen LogP contribution is 2.40. The van der Waals surface area contributed by atoms with Gasteiger partial charge in [-0.05, 0) is 89.8 Å². The van der Waals surface area contributed by atoms with E-state index in [4.69, 9.17) is 0 Å². The molecule has 0 saturated heterocycles. The van der Waals surface area contributed by atoms with Crippen molar-refractivity contribution in [3.8, 4) is 16.9 Å². The fraction of sp³-hybridized carbons (Fsp3) is 0.385. The largest absolute Gasteiger partial charge is 0.573 e. The van der Waals surface area contributed by atoms with Gasteiger partial charge in [0.05, 0.1) is 5.56 Å². The van der Waals surface area contributed by atoms with Crippen LogP contribution in [-0.4, -0.2) is 6.36 Å². The summed E-state index contributed by atoms with van der Waals surface area (Å²) in [6.45, 7) is 2.18. The van der Waals surface area contributed by atoms with E-state index in [0.717, 1.165) is 32.1 Å². The summed E-state index contributed by atoms with van der Waals surface area (Å²) in [5, 5.41) is 1.05. The van der Waals surface area contributed by atoms with E-state index in [-0.39, 0.29) is 17.2 Å². The maximum absolute atomic E-state index is 15.0. The molecule has 0 aromatic heterocycles. The molecule has 1 fully saturated rings. The highest BCUT2D eigenvalue weighted by Gasteiger charge is 2.31. The van der Waals surface area contributed by atoms with Crippen molar-refractivity contribution in [2.24, 2.45) is 5.92 Å². The van der Waals surface area contributed by atoms with Crippen molar-refractivity contribution >= 4 is 10.8 Å². The summed E-state index contributed by atoms with van der Waals surface area (Å²) in [7, 11) is 0. The van der Waals surface area contributed by atoms with Crippen molar-refractivity contribution in [1.82, 2.24) is 0 Å². The average Bonchev–Trinajstić information content (AvgIpc) is 2.73. The number of benzene rings is 3.